The predicted octanol–water partition coefficient (Wildman–Crippen LogP) is 4.25. The predicted molar refractivity (Wildman–Crippen MR) is 133 cm³/mol. The van der Waals surface area contributed by atoms with E-state index in [2.05, 4.69) is 59.6 Å². The van der Waals surface area contributed by atoms with Gasteiger partial charge in [0, 0.05) is 38.5 Å². The van der Waals surface area contributed by atoms with Crippen LogP contribution in [0.15, 0.2) is 47.5 Å². The number of likely N-dealkylation sites (tertiary alicyclic amines) is 1. The Morgan fingerprint density at radius 2 is 2.07 bits per heavy atom. The van der Waals surface area contributed by atoms with Gasteiger partial charge < -0.3 is 19.7 Å². The Balaban J connectivity index is 0.00000256. The summed E-state index contributed by atoms with van der Waals surface area (Å²) in [4.78, 5) is 7.32. The van der Waals surface area contributed by atoms with Crippen LogP contribution in [0.5, 0.6) is 11.5 Å². The van der Waals surface area contributed by atoms with E-state index < -0.39 is 0 Å². The van der Waals surface area contributed by atoms with Gasteiger partial charge in [-0.3, -0.25) is 4.99 Å². The van der Waals surface area contributed by atoms with Crippen molar-refractivity contribution in [3.8, 4) is 11.5 Å². The van der Waals surface area contributed by atoms with Crippen molar-refractivity contribution < 1.29 is 9.47 Å². The zero-order chi connectivity index (χ0) is 20.1. The van der Waals surface area contributed by atoms with Crippen LogP contribution in [0.4, 0.5) is 0 Å². The Bertz CT molecular complexity index is 854. The minimum Gasteiger partial charge on any atom is -0.497 e. The molecule has 2 aliphatic heterocycles. The molecule has 2 aliphatic rings. The zero-order valence-corrected chi connectivity index (χ0v) is 20.2. The molecule has 1 saturated heterocycles. The van der Waals surface area contributed by atoms with Crippen LogP contribution in [0.25, 0.3) is 0 Å². The van der Waals surface area contributed by atoms with Crippen LogP contribution in [-0.2, 0) is 12.8 Å². The molecule has 0 aromatic heterocycles. The molecule has 1 fully saturated rings. The lowest BCUT2D eigenvalue weighted by atomic mass is 9.98. The molecular weight excluding hydrogens is 489 g/mol. The molecule has 0 aliphatic carbocycles. The minimum absolute atomic E-state index is 0. The van der Waals surface area contributed by atoms with Gasteiger partial charge in [0.05, 0.1) is 13.7 Å². The van der Waals surface area contributed by atoms with E-state index in [-0.39, 0.29) is 24.0 Å². The lowest BCUT2D eigenvalue weighted by Gasteiger charge is -2.22. The average Bonchev–Trinajstić information content (AvgIpc) is 3.42. The number of nitrogens with zero attached hydrogens (tertiary/aromatic N) is 2. The molecule has 0 bridgehead atoms. The van der Waals surface area contributed by atoms with Crippen molar-refractivity contribution in [1.29, 1.82) is 0 Å². The van der Waals surface area contributed by atoms with Crippen LogP contribution in [-0.4, -0.2) is 50.8 Å². The number of fused-ring (bicyclic) bond motifs is 1. The Morgan fingerprint density at radius 3 is 2.83 bits per heavy atom. The van der Waals surface area contributed by atoms with Crippen LogP contribution in [0.1, 0.15) is 36.0 Å². The molecule has 0 amide bonds. The van der Waals surface area contributed by atoms with E-state index in [4.69, 9.17) is 14.5 Å². The second-order valence-corrected chi connectivity index (χ2v) is 7.73. The van der Waals surface area contributed by atoms with Crippen LogP contribution >= 0.6 is 24.0 Å². The van der Waals surface area contributed by atoms with E-state index in [1.165, 1.54) is 16.7 Å². The Labute approximate surface area is 196 Å². The first-order valence-electron chi connectivity index (χ1n) is 10.7. The number of rotatable bonds is 6. The van der Waals surface area contributed by atoms with Crippen molar-refractivity contribution in [3.63, 3.8) is 0 Å². The van der Waals surface area contributed by atoms with Crippen molar-refractivity contribution in [2.45, 2.75) is 32.1 Å². The molecule has 1 atom stereocenters. The van der Waals surface area contributed by atoms with Crippen molar-refractivity contribution in [2.75, 3.05) is 39.9 Å². The summed E-state index contributed by atoms with van der Waals surface area (Å²) < 4.78 is 10.9. The van der Waals surface area contributed by atoms with Crippen molar-refractivity contribution >= 4 is 29.9 Å². The van der Waals surface area contributed by atoms with Crippen molar-refractivity contribution in [2.24, 2.45) is 4.99 Å². The SMILES string of the molecule is CCNC(=NCCc1ccc2c(c1)CCO2)N1CCC(c2ccc(OC)cc2)C1.I. The van der Waals surface area contributed by atoms with Gasteiger partial charge in [0.1, 0.15) is 11.5 Å². The van der Waals surface area contributed by atoms with Crippen LogP contribution in [0.2, 0.25) is 0 Å². The van der Waals surface area contributed by atoms with Gasteiger partial charge in [-0.1, -0.05) is 24.3 Å². The quantitative estimate of drug-likeness (QED) is 0.351. The molecule has 162 valence electrons. The fraction of sp³-hybridized carbons (Fsp3) is 0.458. The van der Waals surface area contributed by atoms with Crippen LogP contribution in [0.3, 0.4) is 0 Å². The number of ether oxygens (including phenoxy) is 2. The topological polar surface area (TPSA) is 46.1 Å². The Kier molecular flexibility index (Phi) is 8.24. The largest absolute Gasteiger partial charge is 0.497 e. The van der Waals surface area contributed by atoms with E-state index in [1.54, 1.807) is 7.11 Å². The van der Waals surface area contributed by atoms with Crippen molar-refractivity contribution in [1.82, 2.24) is 10.2 Å². The molecule has 0 saturated carbocycles. The normalized spacial score (nSPS) is 17.9. The summed E-state index contributed by atoms with van der Waals surface area (Å²) in [5, 5.41) is 3.48. The summed E-state index contributed by atoms with van der Waals surface area (Å²) in [5.74, 6) is 3.54. The summed E-state index contributed by atoms with van der Waals surface area (Å²) in [6.07, 6.45) is 3.13. The third kappa shape index (κ3) is 5.39. The van der Waals surface area contributed by atoms with E-state index >= 15 is 0 Å². The summed E-state index contributed by atoms with van der Waals surface area (Å²) >= 11 is 0. The average molecular weight is 521 g/mol. The summed E-state index contributed by atoms with van der Waals surface area (Å²) in [6.45, 7) is 6.68. The van der Waals surface area contributed by atoms with Gasteiger partial charge in [-0.25, -0.2) is 0 Å². The third-order valence-electron chi connectivity index (χ3n) is 5.83. The number of hydrogen-bond donors (Lipinski definition) is 1. The first-order valence-corrected chi connectivity index (χ1v) is 10.7. The molecule has 1 unspecified atom stereocenters. The molecule has 30 heavy (non-hydrogen) atoms. The third-order valence-corrected chi connectivity index (χ3v) is 5.83. The highest BCUT2D eigenvalue weighted by Crippen LogP contribution is 2.29. The van der Waals surface area contributed by atoms with Gasteiger partial charge in [0.15, 0.2) is 5.96 Å². The molecule has 2 heterocycles. The summed E-state index contributed by atoms with van der Waals surface area (Å²) in [7, 11) is 1.71. The molecule has 2 aromatic rings. The molecular formula is C24H32IN3O2. The van der Waals surface area contributed by atoms with Gasteiger partial charge >= 0.3 is 0 Å². The first kappa shape index (κ1) is 22.7. The van der Waals surface area contributed by atoms with Crippen LogP contribution < -0.4 is 14.8 Å². The number of nitrogens with one attached hydrogen (secondary N) is 1. The number of benzene rings is 2. The maximum Gasteiger partial charge on any atom is 0.193 e. The zero-order valence-electron chi connectivity index (χ0n) is 17.9. The number of halogens is 1. The van der Waals surface area contributed by atoms with E-state index in [1.807, 2.05) is 0 Å². The van der Waals surface area contributed by atoms with Gasteiger partial charge in [0.2, 0.25) is 0 Å². The standard InChI is InChI=1S/C24H31N3O2.HI/c1-3-25-24(26-13-10-18-4-9-23-20(16-18)12-15-29-23)27-14-11-21(17-27)19-5-7-22(28-2)8-6-19;/h4-9,16,21H,3,10-15,17H2,1-2H3,(H,25,26);1H. The number of aliphatic imine (C=N–C) groups is 1. The Morgan fingerprint density at radius 1 is 1.23 bits per heavy atom. The molecule has 2 aromatic carbocycles. The molecule has 6 heteroatoms. The van der Waals surface area contributed by atoms with Gasteiger partial charge in [-0.15, -0.1) is 24.0 Å². The van der Waals surface area contributed by atoms with Gasteiger partial charge in [0.25, 0.3) is 0 Å². The molecule has 1 N–H and O–H groups in total. The van der Waals surface area contributed by atoms with Gasteiger partial charge in [-0.05, 0) is 54.7 Å². The fourth-order valence-corrected chi connectivity index (χ4v) is 4.21. The second kappa shape index (κ2) is 10.9. The highest BCUT2D eigenvalue weighted by molar-refractivity contribution is 14.0. The number of methoxy groups -OCH3 is 1. The van der Waals surface area contributed by atoms with E-state index in [0.29, 0.717) is 5.92 Å². The lowest BCUT2D eigenvalue weighted by molar-refractivity contribution is 0.357. The molecule has 0 radical (unpaired) electrons. The molecule has 0 spiro atoms. The monoisotopic (exact) mass is 521 g/mol. The fourth-order valence-electron chi connectivity index (χ4n) is 4.21. The van der Waals surface area contributed by atoms with Crippen LogP contribution in [0, 0.1) is 0 Å². The highest BCUT2D eigenvalue weighted by Gasteiger charge is 2.26. The number of hydrogen-bond acceptors (Lipinski definition) is 3. The second-order valence-electron chi connectivity index (χ2n) is 7.73. The Hall–Kier alpha value is -1.96. The summed E-state index contributed by atoms with van der Waals surface area (Å²) in [5.41, 5.74) is 4.05. The summed E-state index contributed by atoms with van der Waals surface area (Å²) in [6, 6.07) is 15.0. The van der Waals surface area contributed by atoms with Gasteiger partial charge in [-0.2, -0.15) is 0 Å². The first-order chi connectivity index (χ1) is 14.3. The maximum absolute atomic E-state index is 5.60. The lowest BCUT2D eigenvalue weighted by Crippen LogP contribution is -2.40. The smallest absolute Gasteiger partial charge is 0.193 e. The van der Waals surface area contributed by atoms with Crippen molar-refractivity contribution in [3.05, 3.63) is 59.2 Å². The van der Waals surface area contributed by atoms with E-state index in [9.17, 15) is 0 Å². The number of guanidine groups is 1. The molecule has 4 rings (SSSR count). The minimum atomic E-state index is 0. The molecule has 5 nitrogen and oxygen atoms in total. The van der Waals surface area contributed by atoms with E-state index in [0.717, 1.165) is 69.5 Å². The highest BCUT2D eigenvalue weighted by atomic mass is 127. The maximum atomic E-state index is 5.60.